The molecule has 0 bridgehead atoms. The smallest absolute Gasteiger partial charge is 0.240 e. The van der Waals surface area contributed by atoms with E-state index in [4.69, 9.17) is 4.74 Å². The molecule has 0 aliphatic carbocycles. The molecule has 0 saturated carbocycles. The van der Waals surface area contributed by atoms with Gasteiger partial charge in [0.05, 0.1) is 19.3 Å². The Morgan fingerprint density at radius 3 is 2.45 bits per heavy atom. The van der Waals surface area contributed by atoms with E-state index in [-0.39, 0.29) is 18.0 Å². The van der Waals surface area contributed by atoms with E-state index in [9.17, 15) is 4.79 Å². The lowest BCUT2D eigenvalue weighted by Gasteiger charge is -2.25. The first-order chi connectivity index (χ1) is 9.58. The van der Waals surface area contributed by atoms with Crippen molar-refractivity contribution in [2.24, 2.45) is 0 Å². The van der Waals surface area contributed by atoms with Gasteiger partial charge >= 0.3 is 0 Å². The first-order valence-corrected chi connectivity index (χ1v) is 7.29. The van der Waals surface area contributed by atoms with Gasteiger partial charge in [0.1, 0.15) is 6.04 Å². The van der Waals surface area contributed by atoms with Gasteiger partial charge in [-0.05, 0) is 24.0 Å². The molecule has 2 unspecified atom stereocenters. The molecule has 2 N–H and O–H groups in total. The van der Waals surface area contributed by atoms with Crippen LogP contribution in [-0.4, -0.2) is 31.7 Å². The molecule has 1 aromatic rings. The number of carbonyl (C=O) groups is 1. The minimum absolute atomic E-state index is 0.00476. The van der Waals surface area contributed by atoms with Crippen LogP contribution in [-0.2, 0) is 9.53 Å². The summed E-state index contributed by atoms with van der Waals surface area (Å²) in [6.45, 7) is 8.21. The Kier molecular flexibility index (Phi) is 5.15. The van der Waals surface area contributed by atoms with Crippen molar-refractivity contribution in [3.05, 3.63) is 35.4 Å². The molecule has 0 aromatic heterocycles. The Labute approximate surface area is 120 Å². The van der Waals surface area contributed by atoms with Crippen molar-refractivity contribution in [3.63, 3.8) is 0 Å². The highest BCUT2D eigenvalue weighted by atomic mass is 16.5. The van der Waals surface area contributed by atoms with Crippen molar-refractivity contribution < 1.29 is 9.53 Å². The molecule has 110 valence electrons. The Morgan fingerprint density at radius 2 is 1.90 bits per heavy atom. The van der Waals surface area contributed by atoms with Crippen LogP contribution in [0.15, 0.2) is 24.3 Å². The molecule has 1 aliphatic rings. The van der Waals surface area contributed by atoms with Gasteiger partial charge in [-0.3, -0.25) is 4.79 Å². The highest BCUT2D eigenvalue weighted by molar-refractivity contribution is 5.82. The van der Waals surface area contributed by atoms with Crippen molar-refractivity contribution in [2.75, 3.05) is 19.8 Å². The lowest BCUT2D eigenvalue weighted by molar-refractivity contribution is -0.126. The number of amides is 1. The fourth-order valence-electron chi connectivity index (χ4n) is 2.30. The number of carbonyl (C=O) groups excluding carboxylic acids is 1. The fraction of sp³-hybridized carbons (Fsp3) is 0.562. The molecule has 2 atom stereocenters. The fourth-order valence-corrected chi connectivity index (χ4v) is 2.30. The predicted molar refractivity (Wildman–Crippen MR) is 79.7 cm³/mol. The van der Waals surface area contributed by atoms with E-state index in [1.807, 2.05) is 6.92 Å². The zero-order valence-corrected chi connectivity index (χ0v) is 12.5. The van der Waals surface area contributed by atoms with Gasteiger partial charge in [0.25, 0.3) is 0 Å². The van der Waals surface area contributed by atoms with E-state index < -0.39 is 0 Å². The minimum atomic E-state index is -0.235. The standard InChI is InChI=1S/C16H24N2O2/c1-11(2)13-4-6-14(7-5-13)12(3)18-16(19)15-10-20-9-8-17-15/h4-7,11-12,15,17H,8-10H2,1-3H3,(H,18,19). The summed E-state index contributed by atoms with van der Waals surface area (Å²) in [6.07, 6.45) is 0. The maximum atomic E-state index is 12.1. The van der Waals surface area contributed by atoms with Crippen LogP contribution >= 0.6 is 0 Å². The van der Waals surface area contributed by atoms with E-state index in [0.29, 0.717) is 19.1 Å². The molecule has 20 heavy (non-hydrogen) atoms. The first kappa shape index (κ1) is 15.0. The van der Waals surface area contributed by atoms with Crippen LogP contribution in [0.25, 0.3) is 0 Å². The average Bonchev–Trinajstić information content (AvgIpc) is 2.48. The summed E-state index contributed by atoms with van der Waals surface area (Å²) in [5.41, 5.74) is 2.44. The molecule has 1 aromatic carbocycles. The summed E-state index contributed by atoms with van der Waals surface area (Å²) >= 11 is 0. The summed E-state index contributed by atoms with van der Waals surface area (Å²) in [5, 5.41) is 6.20. The molecular formula is C16H24N2O2. The number of morpholine rings is 1. The molecule has 1 heterocycles. The van der Waals surface area contributed by atoms with Gasteiger partial charge in [0, 0.05) is 6.54 Å². The summed E-state index contributed by atoms with van der Waals surface area (Å²) in [5.74, 6) is 0.530. The largest absolute Gasteiger partial charge is 0.378 e. The second kappa shape index (κ2) is 6.86. The molecule has 2 rings (SSSR count). The Bertz CT molecular complexity index is 436. The second-order valence-corrected chi connectivity index (χ2v) is 5.63. The van der Waals surface area contributed by atoms with Crippen LogP contribution in [0.3, 0.4) is 0 Å². The SMILES string of the molecule is CC(C)c1ccc(C(C)NC(=O)C2COCCN2)cc1. The first-order valence-electron chi connectivity index (χ1n) is 7.29. The lowest BCUT2D eigenvalue weighted by Crippen LogP contribution is -2.51. The molecule has 1 aliphatic heterocycles. The third kappa shape index (κ3) is 3.81. The van der Waals surface area contributed by atoms with Gasteiger partial charge in [-0.1, -0.05) is 38.1 Å². The van der Waals surface area contributed by atoms with Crippen LogP contribution in [0.4, 0.5) is 0 Å². The van der Waals surface area contributed by atoms with Gasteiger partial charge in [0.15, 0.2) is 0 Å². The molecule has 0 radical (unpaired) electrons. The zero-order valence-electron chi connectivity index (χ0n) is 12.5. The van der Waals surface area contributed by atoms with Crippen molar-refractivity contribution in [1.82, 2.24) is 10.6 Å². The topological polar surface area (TPSA) is 50.4 Å². The summed E-state index contributed by atoms with van der Waals surface area (Å²) in [4.78, 5) is 12.1. The van der Waals surface area contributed by atoms with Crippen molar-refractivity contribution in [1.29, 1.82) is 0 Å². The quantitative estimate of drug-likeness (QED) is 0.884. The Balaban J connectivity index is 1.93. The molecule has 0 spiro atoms. The molecule has 1 saturated heterocycles. The summed E-state index contributed by atoms with van der Waals surface area (Å²) in [7, 11) is 0. The van der Waals surface area contributed by atoms with Crippen LogP contribution < -0.4 is 10.6 Å². The molecule has 4 heteroatoms. The monoisotopic (exact) mass is 276 g/mol. The number of hydrogen-bond donors (Lipinski definition) is 2. The maximum absolute atomic E-state index is 12.1. The van der Waals surface area contributed by atoms with E-state index in [2.05, 4.69) is 48.7 Å². The van der Waals surface area contributed by atoms with E-state index in [0.717, 1.165) is 12.1 Å². The normalized spacial score (nSPS) is 20.7. The van der Waals surface area contributed by atoms with Crippen LogP contribution in [0, 0.1) is 0 Å². The third-order valence-electron chi connectivity index (χ3n) is 3.70. The van der Waals surface area contributed by atoms with Crippen molar-refractivity contribution in [2.45, 2.75) is 38.8 Å². The maximum Gasteiger partial charge on any atom is 0.240 e. The number of rotatable bonds is 4. The Hall–Kier alpha value is -1.39. The number of benzene rings is 1. The third-order valence-corrected chi connectivity index (χ3v) is 3.70. The molecular weight excluding hydrogens is 252 g/mol. The highest BCUT2D eigenvalue weighted by Crippen LogP contribution is 2.18. The molecule has 1 fully saturated rings. The lowest BCUT2D eigenvalue weighted by atomic mass is 9.99. The number of hydrogen-bond acceptors (Lipinski definition) is 3. The zero-order chi connectivity index (χ0) is 14.5. The number of nitrogens with one attached hydrogen (secondary N) is 2. The van der Waals surface area contributed by atoms with Crippen LogP contribution in [0.1, 0.15) is 43.9 Å². The Morgan fingerprint density at radius 1 is 1.25 bits per heavy atom. The van der Waals surface area contributed by atoms with E-state index in [1.165, 1.54) is 5.56 Å². The van der Waals surface area contributed by atoms with Gasteiger partial charge < -0.3 is 15.4 Å². The number of ether oxygens (including phenoxy) is 1. The van der Waals surface area contributed by atoms with Crippen molar-refractivity contribution in [3.8, 4) is 0 Å². The van der Waals surface area contributed by atoms with Gasteiger partial charge in [0.2, 0.25) is 5.91 Å². The van der Waals surface area contributed by atoms with Gasteiger partial charge in [-0.15, -0.1) is 0 Å². The van der Waals surface area contributed by atoms with E-state index in [1.54, 1.807) is 0 Å². The average molecular weight is 276 g/mol. The highest BCUT2D eigenvalue weighted by Gasteiger charge is 2.22. The minimum Gasteiger partial charge on any atom is -0.378 e. The second-order valence-electron chi connectivity index (χ2n) is 5.63. The predicted octanol–water partition coefficient (Wildman–Crippen LogP) is 1.98. The van der Waals surface area contributed by atoms with Gasteiger partial charge in [-0.2, -0.15) is 0 Å². The van der Waals surface area contributed by atoms with Crippen molar-refractivity contribution >= 4 is 5.91 Å². The van der Waals surface area contributed by atoms with Crippen LogP contribution in [0.2, 0.25) is 0 Å². The van der Waals surface area contributed by atoms with E-state index >= 15 is 0 Å². The molecule has 1 amide bonds. The van der Waals surface area contributed by atoms with Gasteiger partial charge in [-0.25, -0.2) is 0 Å². The summed E-state index contributed by atoms with van der Waals surface area (Å²) < 4.78 is 5.31. The molecule has 4 nitrogen and oxygen atoms in total. The van der Waals surface area contributed by atoms with Crippen LogP contribution in [0.5, 0.6) is 0 Å². The summed E-state index contributed by atoms with van der Waals surface area (Å²) in [6, 6.07) is 8.21.